The van der Waals surface area contributed by atoms with Crippen molar-refractivity contribution in [2.45, 2.75) is 17.9 Å². The molecule has 0 radical (unpaired) electrons. The average molecular weight is 349 g/mol. The number of ether oxygens (including phenoxy) is 1. The molecule has 0 fully saturated rings. The zero-order valence-corrected chi connectivity index (χ0v) is 14.6. The summed E-state index contributed by atoms with van der Waals surface area (Å²) in [5, 5.41) is 0.778. The van der Waals surface area contributed by atoms with Gasteiger partial charge in [0.2, 0.25) is 10.0 Å². The fourth-order valence-corrected chi connectivity index (χ4v) is 4.31. The minimum Gasteiger partial charge on any atom is -0.468 e. The Bertz CT molecular complexity index is 557. The number of carbonyl (C=O) groups excluding carboxylic acids is 1. The summed E-state index contributed by atoms with van der Waals surface area (Å²) >= 11 is 3.09. The summed E-state index contributed by atoms with van der Waals surface area (Å²) in [6.07, 6.45) is 1.94. The second kappa shape index (κ2) is 8.67. The van der Waals surface area contributed by atoms with E-state index in [4.69, 9.17) is 0 Å². The SMILES string of the molecule is COC(=O)[C@@H](CSCSC)NS(=O)(=O)c1ccc(C)cc1. The lowest BCUT2D eigenvalue weighted by Gasteiger charge is -2.16. The lowest BCUT2D eigenvalue weighted by Crippen LogP contribution is -2.43. The number of carbonyl (C=O) groups is 1. The monoisotopic (exact) mass is 349 g/mol. The summed E-state index contributed by atoms with van der Waals surface area (Å²) in [5.74, 6) is -0.252. The maximum absolute atomic E-state index is 12.3. The van der Waals surface area contributed by atoms with E-state index in [1.54, 1.807) is 23.9 Å². The van der Waals surface area contributed by atoms with Crippen LogP contribution in [0.15, 0.2) is 29.2 Å². The first kappa shape index (κ1) is 18.3. The highest BCUT2D eigenvalue weighted by molar-refractivity contribution is 8.15. The van der Waals surface area contributed by atoms with Crippen molar-refractivity contribution in [3.05, 3.63) is 29.8 Å². The third kappa shape index (κ3) is 5.90. The van der Waals surface area contributed by atoms with Crippen LogP contribution >= 0.6 is 23.5 Å². The van der Waals surface area contributed by atoms with Crippen LogP contribution in [0.5, 0.6) is 0 Å². The summed E-state index contributed by atoms with van der Waals surface area (Å²) in [6.45, 7) is 1.88. The number of esters is 1. The molecule has 1 aromatic rings. The minimum absolute atomic E-state index is 0.136. The molecule has 0 aliphatic heterocycles. The van der Waals surface area contributed by atoms with E-state index in [1.807, 2.05) is 13.2 Å². The smallest absolute Gasteiger partial charge is 0.324 e. The Morgan fingerprint density at radius 2 is 1.95 bits per heavy atom. The van der Waals surface area contributed by atoms with Crippen LogP contribution in [0.2, 0.25) is 0 Å². The molecule has 0 aliphatic carbocycles. The van der Waals surface area contributed by atoms with Gasteiger partial charge in [-0.2, -0.15) is 16.5 Å². The molecular weight excluding hydrogens is 330 g/mol. The third-order valence-electron chi connectivity index (χ3n) is 2.60. The fraction of sp³-hybridized carbons (Fsp3) is 0.462. The van der Waals surface area contributed by atoms with Gasteiger partial charge in [0.05, 0.1) is 12.0 Å². The second-order valence-electron chi connectivity index (χ2n) is 4.29. The van der Waals surface area contributed by atoms with E-state index >= 15 is 0 Å². The quantitative estimate of drug-likeness (QED) is 0.439. The number of hydrogen-bond acceptors (Lipinski definition) is 6. The van der Waals surface area contributed by atoms with Crippen molar-refractivity contribution in [1.82, 2.24) is 4.72 Å². The Hall–Kier alpha value is -0.700. The minimum atomic E-state index is -3.74. The molecule has 0 saturated heterocycles. The van der Waals surface area contributed by atoms with Crippen LogP contribution in [-0.2, 0) is 19.6 Å². The van der Waals surface area contributed by atoms with E-state index < -0.39 is 22.0 Å². The topological polar surface area (TPSA) is 72.5 Å². The second-order valence-corrected chi connectivity index (χ2v) is 8.26. The molecule has 0 aliphatic rings. The first-order valence-corrected chi connectivity index (χ1v) is 10.2. The van der Waals surface area contributed by atoms with Gasteiger partial charge in [0.15, 0.2) is 0 Å². The lowest BCUT2D eigenvalue weighted by molar-refractivity contribution is -0.141. The van der Waals surface area contributed by atoms with Crippen molar-refractivity contribution >= 4 is 39.5 Å². The van der Waals surface area contributed by atoms with E-state index in [2.05, 4.69) is 9.46 Å². The van der Waals surface area contributed by atoms with Crippen molar-refractivity contribution < 1.29 is 17.9 Å². The number of sulfonamides is 1. The normalized spacial score (nSPS) is 12.9. The van der Waals surface area contributed by atoms with Gasteiger partial charge in [0, 0.05) is 10.8 Å². The molecule has 1 atom stereocenters. The van der Waals surface area contributed by atoms with Gasteiger partial charge in [0.25, 0.3) is 0 Å². The highest BCUT2D eigenvalue weighted by atomic mass is 32.2. The number of benzene rings is 1. The molecule has 8 heteroatoms. The van der Waals surface area contributed by atoms with Crippen molar-refractivity contribution in [3.8, 4) is 0 Å². The van der Waals surface area contributed by atoms with E-state index in [0.717, 1.165) is 10.6 Å². The van der Waals surface area contributed by atoms with Crippen LogP contribution in [0.25, 0.3) is 0 Å². The number of hydrogen-bond donors (Lipinski definition) is 1. The zero-order valence-electron chi connectivity index (χ0n) is 12.2. The molecule has 1 aromatic carbocycles. The van der Waals surface area contributed by atoms with Crippen molar-refractivity contribution in [3.63, 3.8) is 0 Å². The van der Waals surface area contributed by atoms with Gasteiger partial charge in [-0.15, -0.1) is 11.8 Å². The van der Waals surface area contributed by atoms with Gasteiger partial charge in [-0.25, -0.2) is 8.42 Å². The largest absolute Gasteiger partial charge is 0.468 e. The summed E-state index contributed by atoms with van der Waals surface area (Å²) in [7, 11) is -2.49. The van der Waals surface area contributed by atoms with Crippen molar-refractivity contribution in [1.29, 1.82) is 0 Å². The average Bonchev–Trinajstić information content (AvgIpc) is 2.46. The summed E-state index contributed by atoms with van der Waals surface area (Å²) < 4.78 is 31.6. The van der Waals surface area contributed by atoms with E-state index in [1.165, 1.54) is 31.0 Å². The molecule has 21 heavy (non-hydrogen) atoms. The van der Waals surface area contributed by atoms with Gasteiger partial charge < -0.3 is 4.74 Å². The molecule has 0 amide bonds. The van der Waals surface area contributed by atoms with Gasteiger partial charge in [0.1, 0.15) is 6.04 Å². The molecule has 0 bridgehead atoms. The molecule has 0 unspecified atom stereocenters. The lowest BCUT2D eigenvalue weighted by atomic mass is 10.2. The first-order chi connectivity index (χ1) is 9.90. The molecule has 0 saturated carbocycles. The highest BCUT2D eigenvalue weighted by Gasteiger charge is 2.26. The molecule has 1 N–H and O–H groups in total. The summed E-state index contributed by atoms with van der Waals surface area (Å²) in [5.41, 5.74) is 0.967. The van der Waals surface area contributed by atoms with Crippen LogP contribution in [-0.4, -0.2) is 44.6 Å². The predicted octanol–water partition coefficient (Wildman–Crippen LogP) is 1.87. The summed E-state index contributed by atoms with van der Waals surface area (Å²) in [6, 6.07) is 5.56. The Labute approximate surface area is 134 Å². The molecule has 5 nitrogen and oxygen atoms in total. The number of thioether (sulfide) groups is 2. The van der Waals surface area contributed by atoms with Gasteiger partial charge >= 0.3 is 5.97 Å². The summed E-state index contributed by atoms with van der Waals surface area (Å²) in [4.78, 5) is 11.8. The van der Waals surface area contributed by atoms with E-state index in [0.29, 0.717) is 5.75 Å². The highest BCUT2D eigenvalue weighted by Crippen LogP contribution is 2.14. The predicted molar refractivity (Wildman–Crippen MR) is 88.1 cm³/mol. The van der Waals surface area contributed by atoms with E-state index in [-0.39, 0.29) is 4.90 Å². The maximum atomic E-state index is 12.3. The van der Waals surface area contributed by atoms with Crippen molar-refractivity contribution in [2.75, 3.05) is 24.2 Å². The zero-order chi connectivity index (χ0) is 15.9. The van der Waals surface area contributed by atoms with Crippen LogP contribution in [0.3, 0.4) is 0 Å². The molecule has 1 rings (SSSR count). The molecule has 0 spiro atoms. The first-order valence-electron chi connectivity index (χ1n) is 6.14. The van der Waals surface area contributed by atoms with Gasteiger partial charge in [-0.1, -0.05) is 17.7 Å². The Morgan fingerprint density at radius 3 is 2.48 bits per heavy atom. The number of rotatable bonds is 8. The number of methoxy groups -OCH3 is 1. The number of nitrogens with one attached hydrogen (secondary N) is 1. The van der Waals surface area contributed by atoms with Crippen LogP contribution in [0, 0.1) is 6.92 Å². The Kier molecular flexibility index (Phi) is 7.58. The van der Waals surface area contributed by atoms with Crippen LogP contribution < -0.4 is 4.72 Å². The van der Waals surface area contributed by atoms with Gasteiger partial charge in [-0.3, -0.25) is 4.79 Å². The van der Waals surface area contributed by atoms with Crippen LogP contribution in [0.4, 0.5) is 0 Å². The van der Waals surface area contributed by atoms with Crippen LogP contribution in [0.1, 0.15) is 5.56 Å². The molecule has 0 aromatic heterocycles. The number of aryl methyl sites for hydroxylation is 1. The third-order valence-corrected chi connectivity index (χ3v) is 6.27. The molecule has 118 valence electrons. The standard InChI is InChI=1S/C13H19NO4S3/c1-10-4-6-11(7-5-10)21(16,17)14-12(13(15)18-2)8-20-9-19-3/h4-7,12,14H,8-9H2,1-3H3/t12-/m1/s1. The van der Waals surface area contributed by atoms with E-state index in [9.17, 15) is 13.2 Å². The van der Waals surface area contributed by atoms with Crippen molar-refractivity contribution in [2.24, 2.45) is 0 Å². The Balaban J connectivity index is 2.85. The fourth-order valence-electron chi connectivity index (χ4n) is 1.51. The molecular formula is C13H19NO4S3. The Morgan fingerprint density at radius 1 is 1.33 bits per heavy atom. The molecule has 0 heterocycles. The van der Waals surface area contributed by atoms with Gasteiger partial charge in [-0.05, 0) is 25.3 Å². The maximum Gasteiger partial charge on any atom is 0.324 e.